The van der Waals surface area contributed by atoms with E-state index < -0.39 is 16.0 Å². The smallest absolute Gasteiger partial charge is 0.337 e. The van der Waals surface area contributed by atoms with Crippen molar-refractivity contribution in [2.75, 3.05) is 4.72 Å². The molecule has 0 amide bonds. The van der Waals surface area contributed by atoms with Crippen molar-refractivity contribution < 1.29 is 23.1 Å². The van der Waals surface area contributed by atoms with Crippen LogP contribution in [0.25, 0.3) is 22.9 Å². The number of carboxylic acid groups (broad SMARTS) is 1. The first-order chi connectivity index (χ1) is 17.3. The van der Waals surface area contributed by atoms with E-state index in [2.05, 4.69) is 11.3 Å². The number of fused-ring (bicyclic) bond motifs is 1. The van der Waals surface area contributed by atoms with Crippen LogP contribution in [0.2, 0.25) is 0 Å². The first-order valence-electron chi connectivity index (χ1n) is 11.2. The summed E-state index contributed by atoms with van der Waals surface area (Å²) in [7, 11) is -4.01. The molecule has 36 heavy (non-hydrogen) atoms. The van der Waals surface area contributed by atoms with Gasteiger partial charge in [-0.05, 0) is 70.8 Å². The third kappa shape index (κ3) is 5.47. The van der Waals surface area contributed by atoms with E-state index in [1.165, 1.54) is 24.3 Å². The predicted octanol–water partition coefficient (Wildman–Crippen LogP) is 6.59. The number of nitrogens with one attached hydrogen (secondary N) is 1. The van der Waals surface area contributed by atoms with Crippen LogP contribution in [0.3, 0.4) is 0 Å². The van der Waals surface area contributed by atoms with Gasteiger partial charge in [-0.2, -0.15) is 0 Å². The zero-order chi connectivity index (χ0) is 25.7. The van der Waals surface area contributed by atoms with Gasteiger partial charge in [-0.3, -0.25) is 4.72 Å². The van der Waals surface area contributed by atoms with Gasteiger partial charge in [-0.25, -0.2) is 13.2 Å². The fourth-order valence-electron chi connectivity index (χ4n) is 3.81. The van der Waals surface area contributed by atoms with Crippen molar-refractivity contribution >= 4 is 44.6 Å². The van der Waals surface area contributed by atoms with Crippen LogP contribution in [0.5, 0.6) is 5.75 Å². The molecule has 182 valence electrons. The lowest BCUT2D eigenvalue weighted by Crippen LogP contribution is -2.15. The quantitative estimate of drug-likeness (QED) is 0.271. The Bertz CT molecular complexity index is 1590. The normalized spacial score (nSPS) is 11.5. The number of sulfonamides is 1. The molecule has 0 spiro atoms. The Morgan fingerprint density at radius 3 is 2.47 bits per heavy atom. The van der Waals surface area contributed by atoms with Crippen LogP contribution in [0.15, 0.2) is 96.4 Å². The van der Waals surface area contributed by atoms with Gasteiger partial charge in [0.1, 0.15) is 12.4 Å². The molecule has 0 aliphatic heterocycles. The summed E-state index contributed by atoms with van der Waals surface area (Å²) in [4.78, 5) is 12.0. The summed E-state index contributed by atoms with van der Waals surface area (Å²) in [6.07, 6.45) is 5.68. The number of allylic oxidation sites excluding steroid dienone is 1. The zero-order valence-electron chi connectivity index (χ0n) is 19.6. The second-order valence-electron chi connectivity index (χ2n) is 8.08. The van der Waals surface area contributed by atoms with Gasteiger partial charge in [0.05, 0.1) is 16.1 Å². The van der Waals surface area contributed by atoms with E-state index in [1.54, 1.807) is 18.2 Å². The molecule has 0 fully saturated rings. The van der Waals surface area contributed by atoms with Gasteiger partial charge in [-0.1, -0.05) is 67.3 Å². The highest BCUT2D eigenvalue weighted by Crippen LogP contribution is 2.27. The van der Waals surface area contributed by atoms with Gasteiger partial charge >= 0.3 is 5.97 Å². The third-order valence-electron chi connectivity index (χ3n) is 5.62. The van der Waals surface area contributed by atoms with Gasteiger partial charge in [0.15, 0.2) is 0 Å². The van der Waals surface area contributed by atoms with Crippen LogP contribution in [0.1, 0.15) is 34.0 Å². The van der Waals surface area contributed by atoms with Crippen molar-refractivity contribution in [3.63, 3.8) is 0 Å². The van der Waals surface area contributed by atoms with Crippen LogP contribution in [-0.2, 0) is 16.6 Å². The first-order valence-corrected chi connectivity index (χ1v) is 12.7. The molecule has 0 bridgehead atoms. The average Bonchev–Trinajstić information content (AvgIpc) is 2.87. The number of aromatic carboxylic acids is 1. The van der Waals surface area contributed by atoms with Crippen LogP contribution in [0, 0.1) is 0 Å². The van der Waals surface area contributed by atoms with E-state index in [0.717, 1.165) is 27.5 Å². The van der Waals surface area contributed by atoms with Crippen molar-refractivity contribution in [1.82, 2.24) is 0 Å². The second kappa shape index (κ2) is 10.5. The van der Waals surface area contributed by atoms with E-state index in [4.69, 9.17) is 4.74 Å². The molecule has 0 aliphatic rings. The third-order valence-corrected chi connectivity index (χ3v) is 6.98. The summed E-state index contributed by atoms with van der Waals surface area (Å²) >= 11 is 0. The Morgan fingerprint density at radius 2 is 1.75 bits per heavy atom. The minimum atomic E-state index is -4.01. The number of anilines is 1. The summed E-state index contributed by atoms with van der Waals surface area (Å²) in [6, 6.07) is 22.2. The average molecular weight is 500 g/mol. The maximum Gasteiger partial charge on any atom is 0.337 e. The molecule has 0 atom stereocenters. The zero-order valence-corrected chi connectivity index (χ0v) is 20.5. The Balaban J connectivity index is 1.56. The van der Waals surface area contributed by atoms with Gasteiger partial charge in [0.25, 0.3) is 10.0 Å². The first kappa shape index (κ1) is 24.8. The number of rotatable bonds is 9. The number of benzene rings is 4. The maximum atomic E-state index is 13.0. The van der Waals surface area contributed by atoms with Crippen LogP contribution < -0.4 is 9.46 Å². The van der Waals surface area contributed by atoms with Gasteiger partial charge in [0, 0.05) is 0 Å². The molecule has 4 aromatic rings. The second-order valence-corrected chi connectivity index (χ2v) is 9.77. The largest absolute Gasteiger partial charge is 0.489 e. The molecular formula is C29H25NO5S. The monoisotopic (exact) mass is 499 g/mol. The Morgan fingerprint density at radius 1 is 0.972 bits per heavy atom. The minimum absolute atomic E-state index is 0.0396. The SMILES string of the molecule is C=Cc1ccc(COc2ccc(NS(=O)(=O)c3ccc4ccccc4c3)c(C(=O)O)c2)cc1/C=C\C. The van der Waals surface area contributed by atoms with Crippen molar-refractivity contribution in [1.29, 1.82) is 0 Å². The van der Waals surface area contributed by atoms with Gasteiger partial charge < -0.3 is 9.84 Å². The van der Waals surface area contributed by atoms with Gasteiger partial charge in [0.2, 0.25) is 0 Å². The van der Waals surface area contributed by atoms with E-state index in [0.29, 0.717) is 5.75 Å². The van der Waals surface area contributed by atoms with Crippen molar-refractivity contribution in [2.24, 2.45) is 0 Å². The van der Waals surface area contributed by atoms with Gasteiger partial charge in [-0.15, -0.1) is 0 Å². The molecule has 6 nitrogen and oxygen atoms in total. The highest BCUT2D eigenvalue weighted by Gasteiger charge is 2.20. The van der Waals surface area contributed by atoms with Crippen LogP contribution >= 0.6 is 0 Å². The summed E-state index contributed by atoms with van der Waals surface area (Å²) in [5, 5.41) is 11.4. The standard InChI is InChI=1S/C29H25NO5S/c1-3-7-23-16-20(10-11-21(23)4-2)19-35-25-13-15-28(27(18-25)29(31)32)30-36(33,34)26-14-12-22-8-5-6-9-24(22)17-26/h3-18,30H,2,19H2,1H3,(H,31,32)/b7-3-. The summed E-state index contributed by atoms with van der Waals surface area (Å²) in [5.41, 5.74) is 2.63. The van der Waals surface area contributed by atoms with Crippen LogP contribution in [-0.4, -0.2) is 19.5 Å². The summed E-state index contributed by atoms with van der Waals surface area (Å²) < 4.78 is 34.2. The summed E-state index contributed by atoms with van der Waals surface area (Å²) in [5.74, 6) is -0.969. The number of carboxylic acids is 1. The lowest BCUT2D eigenvalue weighted by molar-refractivity contribution is 0.0697. The maximum absolute atomic E-state index is 13.0. The predicted molar refractivity (Wildman–Crippen MR) is 144 cm³/mol. The molecule has 2 N–H and O–H groups in total. The molecule has 0 aliphatic carbocycles. The Kier molecular flexibility index (Phi) is 7.22. The number of carbonyl (C=O) groups is 1. The molecule has 0 unspecified atom stereocenters. The number of hydrogen-bond acceptors (Lipinski definition) is 4. The van der Waals surface area contributed by atoms with Crippen LogP contribution in [0.4, 0.5) is 5.69 Å². The van der Waals surface area contributed by atoms with E-state index in [-0.39, 0.29) is 22.8 Å². The fraction of sp³-hybridized carbons (Fsp3) is 0.0690. The van der Waals surface area contributed by atoms with E-state index >= 15 is 0 Å². The van der Waals surface area contributed by atoms with Crippen molar-refractivity contribution in [3.05, 3.63) is 114 Å². The topological polar surface area (TPSA) is 92.7 Å². The molecule has 0 saturated carbocycles. The minimum Gasteiger partial charge on any atom is -0.489 e. The highest BCUT2D eigenvalue weighted by atomic mass is 32.2. The highest BCUT2D eigenvalue weighted by molar-refractivity contribution is 7.92. The molecule has 0 saturated heterocycles. The Labute approximate surface area is 210 Å². The lowest BCUT2D eigenvalue weighted by Gasteiger charge is -2.14. The lowest BCUT2D eigenvalue weighted by atomic mass is 10.0. The molecule has 0 aromatic heterocycles. The molecule has 0 radical (unpaired) electrons. The van der Waals surface area contributed by atoms with E-state index in [9.17, 15) is 18.3 Å². The molecule has 7 heteroatoms. The van der Waals surface area contributed by atoms with Crippen molar-refractivity contribution in [3.8, 4) is 5.75 Å². The fourth-order valence-corrected chi connectivity index (χ4v) is 4.92. The van der Waals surface area contributed by atoms with Crippen molar-refractivity contribution in [2.45, 2.75) is 18.4 Å². The number of hydrogen-bond donors (Lipinski definition) is 2. The summed E-state index contributed by atoms with van der Waals surface area (Å²) in [6.45, 7) is 5.96. The molecule has 4 rings (SSSR count). The van der Waals surface area contributed by atoms with E-state index in [1.807, 2.05) is 61.5 Å². The number of ether oxygens (including phenoxy) is 1. The molecule has 0 heterocycles. The molecule has 4 aromatic carbocycles. The molecular weight excluding hydrogens is 474 g/mol. The Hall–Kier alpha value is -4.36.